The van der Waals surface area contributed by atoms with Gasteiger partial charge in [-0.1, -0.05) is 158 Å². The van der Waals surface area contributed by atoms with Gasteiger partial charge in [0.25, 0.3) is 0 Å². The molecule has 0 aliphatic heterocycles. The smallest absolute Gasteiger partial charge is 0.164 e. The summed E-state index contributed by atoms with van der Waals surface area (Å²) in [6.07, 6.45) is 0. The van der Waals surface area contributed by atoms with Crippen molar-refractivity contribution >= 4 is 21.9 Å². The summed E-state index contributed by atoms with van der Waals surface area (Å²) in [7, 11) is 0. The summed E-state index contributed by atoms with van der Waals surface area (Å²) < 4.78 is 6.13. The maximum Gasteiger partial charge on any atom is 0.164 e. The van der Waals surface area contributed by atoms with E-state index in [-0.39, 0.29) is 0 Å². The fraction of sp³-hybridized carbons (Fsp3) is 0. The zero-order valence-corrected chi connectivity index (χ0v) is 26.5. The molecule has 9 rings (SSSR count). The minimum atomic E-state index is 0.634. The summed E-state index contributed by atoms with van der Waals surface area (Å²) in [6.45, 7) is 0. The predicted octanol–water partition coefficient (Wildman–Crippen LogP) is 11.8. The first-order chi connectivity index (χ1) is 24.3. The maximum atomic E-state index is 6.13. The molecular formula is C45H29N3O. The second kappa shape index (κ2) is 12.2. The van der Waals surface area contributed by atoms with E-state index in [2.05, 4.69) is 115 Å². The van der Waals surface area contributed by atoms with Crippen molar-refractivity contribution in [1.29, 1.82) is 0 Å². The van der Waals surface area contributed by atoms with E-state index in [9.17, 15) is 0 Å². The summed E-state index contributed by atoms with van der Waals surface area (Å²) in [5.41, 5.74) is 11.4. The third kappa shape index (κ3) is 5.45. The molecule has 0 fully saturated rings. The molecule has 4 nitrogen and oxygen atoms in total. The Morgan fingerprint density at radius 3 is 1.41 bits per heavy atom. The monoisotopic (exact) mass is 627 g/mol. The largest absolute Gasteiger partial charge is 0.456 e. The Morgan fingerprint density at radius 1 is 0.286 bits per heavy atom. The highest BCUT2D eigenvalue weighted by Crippen LogP contribution is 2.35. The van der Waals surface area contributed by atoms with Crippen LogP contribution in [0.25, 0.3) is 89.5 Å². The van der Waals surface area contributed by atoms with Crippen LogP contribution < -0.4 is 0 Å². The Hall–Kier alpha value is -6.65. The van der Waals surface area contributed by atoms with Gasteiger partial charge in [0, 0.05) is 27.5 Å². The molecule has 0 atom stereocenters. The molecule has 0 saturated heterocycles. The zero-order valence-electron chi connectivity index (χ0n) is 26.5. The second-order valence-electron chi connectivity index (χ2n) is 12.0. The molecule has 0 spiro atoms. The molecule has 0 bridgehead atoms. The normalized spacial score (nSPS) is 11.3. The molecular weight excluding hydrogens is 599 g/mol. The van der Waals surface area contributed by atoms with Gasteiger partial charge in [0.2, 0.25) is 0 Å². The molecule has 0 radical (unpaired) electrons. The van der Waals surface area contributed by atoms with Gasteiger partial charge >= 0.3 is 0 Å². The van der Waals surface area contributed by atoms with Crippen LogP contribution in [0.4, 0.5) is 0 Å². The van der Waals surface area contributed by atoms with Crippen LogP contribution >= 0.6 is 0 Å². The lowest BCUT2D eigenvalue weighted by atomic mass is 9.98. The Kier molecular flexibility index (Phi) is 7.10. The number of rotatable bonds is 6. The number of fused-ring (bicyclic) bond motifs is 3. The fourth-order valence-electron chi connectivity index (χ4n) is 6.46. The minimum Gasteiger partial charge on any atom is -0.456 e. The lowest BCUT2D eigenvalue weighted by Crippen LogP contribution is -2.01. The molecule has 230 valence electrons. The van der Waals surface area contributed by atoms with E-state index in [1.807, 2.05) is 60.7 Å². The lowest BCUT2D eigenvalue weighted by Gasteiger charge is -2.12. The van der Waals surface area contributed by atoms with Crippen molar-refractivity contribution in [2.45, 2.75) is 0 Å². The molecule has 0 aliphatic carbocycles. The first-order valence-corrected chi connectivity index (χ1v) is 16.4. The van der Waals surface area contributed by atoms with Crippen LogP contribution in [-0.2, 0) is 0 Å². The first kappa shape index (κ1) is 28.6. The predicted molar refractivity (Wildman–Crippen MR) is 200 cm³/mol. The molecule has 0 unspecified atom stereocenters. The van der Waals surface area contributed by atoms with Gasteiger partial charge in [-0.2, -0.15) is 0 Å². The van der Waals surface area contributed by atoms with Crippen LogP contribution in [0.3, 0.4) is 0 Å². The zero-order chi connectivity index (χ0) is 32.6. The van der Waals surface area contributed by atoms with Gasteiger partial charge in [0.1, 0.15) is 11.2 Å². The Balaban J connectivity index is 1.05. The van der Waals surface area contributed by atoms with Gasteiger partial charge < -0.3 is 4.42 Å². The second-order valence-corrected chi connectivity index (χ2v) is 12.0. The summed E-state index contributed by atoms with van der Waals surface area (Å²) >= 11 is 0. The van der Waals surface area contributed by atoms with E-state index < -0.39 is 0 Å². The SMILES string of the molecule is c1ccc(-c2nc(-c3ccc(-c4ccc(-c5ccc6c(c5)oc5ccccc56)cc4)cc3)nc(-c3ccccc3-c3ccccc3)n2)cc1. The number of benzene rings is 7. The summed E-state index contributed by atoms with van der Waals surface area (Å²) in [5, 5.41) is 2.28. The van der Waals surface area contributed by atoms with Gasteiger partial charge in [-0.05, 0) is 51.6 Å². The van der Waals surface area contributed by atoms with Crippen molar-refractivity contribution in [1.82, 2.24) is 15.0 Å². The molecule has 0 saturated carbocycles. The summed E-state index contributed by atoms with van der Waals surface area (Å²) in [6, 6.07) is 60.5. The first-order valence-electron chi connectivity index (χ1n) is 16.4. The Bertz CT molecular complexity index is 2570. The van der Waals surface area contributed by atoms with E-state index in [1.165, 1.54) is 0 Å². The Morgan fingerprint density at radius 2 is 0.735 bits per heavy atom. The van der Waals surface area contributed by atoms with Crippen LogP contribution in [0.1, 0.15) is 0 Å². The van der Waals surface area contributed by atoms with Crippen molar-refractivity contribution in [3.63, 3.8) is 0 Å². The van der Waals surface area contributed by atoms with E-state index in [0.29, 0.717) is 17.5 Å². The molecule has 7 aromatic carbocycles. The van der Waals surface area contributed by atoms with Crippen molar-refractivity contribution in [2.24, 2.45) is 0 Å². The molecule has 2 heterocycles. The van der Waals surface area contributed by atoms with Crippen molar-refractivity contribution < 1.29 is 4.42 Å². The van der Waals surface area contributed by atoms with Gasteiger partial charge in [0.05, 0.1) is 0 Å². The summed E-state index contributed by atoms with van der Waals surface area (Å²) in [4.78, 5) is 15.0. The minimum absolute atomic E-state index is 0.634. The number of hydrogen-bond acceptors (Lipinski definition) is 4. The average molecular weight is 628 g/mol. The van der Waals surface area contributed by atoms with Crippen LogP contribution in [0.2, 0.25) is 0 Å². The quantitative estimate of drug-likeness (QED) is 0.184. The van der Waals surface area contributed by atoms with Gasteiger partial charge in [0.15, 0.2) is 17.5 Å². The number of furan rings is 1. The highest BCUT2D eigenvalue weighted by molar-refractivity contribution is 6.05. The van der Waals surface area contributed by atoms with Crippen LogP contribution in [0, 0.1) is 0 Å². The third-order valence-electron chi connectivity index (χ3n) is 8.99. The van der Waals surface area contributed by atoms with Crippen molar-refractivity contribution in [2.75, 3.05) is 0 Å². The topological polar surface area (TPSA) is 51.8 Å². The average Bonchev–Trinajstić information content (AvgIpc) is 3.56. The van der Waals surface area contributed by atoms with E-state index in [1.54, 1.807) is 0 Å². The molecule has 0 aliphatic rings. The molecule has 0 N–H and O–H groups in total. The standard InChI is InChI=1S/C45H29N3O/c1-3-11-33(12-4-1)37-15-7-8-17-40(37)45-47-43(34-13-5-2-6-14-34)46-44(48-45)35-25-23-31(24-26-35)30-19-21-32(22-20-30)36-27-28-39-38-16-9-10-18-41(38)49-42(39)29-36/h1-29H. The number of aromatic nitrogens is 3. The number of para-hydroxylation sites is 1. The van der Waals surface area contributed by atoms with Crippen LogP contribution in [-0.4, -0.2) is 15.0 Å². The Labute approximate surface area is 284 Å². The molecule has 0 amide bonds. The van der Waals surface area contributed by atoms with Gasteiger partial charge in [-0.3, -0.25) is 0 Å². The van der Waals surface area contributed by atoms with Crippen molar-refractivity contribution in [3.8, 4) is 67.5 Å². The molecule has 9 aromatic rings. The van der Waals surface area contributed by atoms with E-state index >= 15 is 0 Å². The molecule has 2 aromatic heterocycles. The van der Waals surface area contributed by atoms with Crippen molar-refractivity contribution in [3.05, 3.63) is 176 Å². The lowest BCUT2D eigenvalue weighted by molar-refractivity contribution is 0.669. The third-order valence-corrected chi connectivity index (χ3v) is 8.99. The highest BCUT2D eigenvalue weighted by atomic mass is 16.3. The van der Waals surface area contributed by atoms with Gasteiger partial charge in [-0.15, -0.1) is 0 Å². The van der Waals surface area contributed by atoms with Crippen LogP contribution in [0.5, 0.6) is 0 Å². The molecule has 49 heavy (non-hydrogen) atoms. The maximum absolute atomic E-state index is 6.13. The van der Waals surface area contributed by atoms with E-state index in [4.69, 9.17) is 19.4 Å². The fourth-order valence-corrected chi connectivity index (χ4v) is 6.46. The highest BCUT2D eigenvalue weighted by Gasteiger charge is 2.16. The van der Waals surface area contributed by atoms with Gasteiger partial charge in [-0.25, -0.2) is 15.0 Å². The summed E-state index contributed by atoms with van der Waals surface area (Å²) in [5.74, 6) is 1.92. The molecule has 4 heteroatoms. The van der Waals surface area contributed by atoms with Crippen LogP contribution in [0.15, 0.2) is 180 Å². The number of nitrogens with zero attached hydrogens (tertiary/aromatic N) is 3. The number of hydrogen-bond donors (Lipinski definition) is 0. The van der Waals surface area contributed by atoms with E-state index in [0.717, 1.165) is 72.0 Å².